The van der Waals surface area contributed by atoms with Crippen LogP contribution in [0.5, 0.6) is 0 Å². The number of nitrogens with one attached hydrogen (secondary N) is 1. The molecule has 0 saturated carbocycles. The number of hydrogen-bond acceptors (Lipinski definition) is 2. The zero-order chi connectivity index (χ0) is 11.0. The van der Waals surface area contributed by atoms with Crippen molar-refractivity contribution in [2.75, 3.05) is 13.2 Å². The van der Waals surface area contributed by atoms with Crippen molar-refractivity contribution in [2.45, 2.75) is 38.3 Å². The lowest BCUT2D eigenvalue weighted by Crippen LogP contribution is -2.33. The molecule has 1 aromatic rings. The fraction of sp³-hybridized carbons (Fsp3) is 0.571. The molecule has 0 aromatic heterocycles. The molecule has 0 amide bonds. The van der Waals surface area contributed by atoms with Crippen LogP contribution in [0.2, 0.25) is 0 Å². The first-order valence-corrected chi connectivity index (χ1v) is 6.29. The van der Waals surface area contributed by atoms with Crippen molar-refractivity contribution in [3.05, 3.63) is 34.9 Å². The van der Waals surface area contributed by atoms with E-state index >= 15 is 0 Å². The van der Waals surface area contributed by atoms with E-state index in [1.54, 1.807) is 0 Å². The molecule has 2 aliphatic rings. The van der Waals surface area contributed by atoms with Crippen LogP contribution in [-0.2, 0) is 11.2 Å². The third kappa shape index (κ3) is 1.76. The SMILES string of the molecule is Cc1ccc2c(c1)CCO[C@H]2[C@@H]1CCCN1. The number of hydrogen-bond donors (Lipinski definition) is 1. The Morgan fingerprint density at radius 3 is 3.12 bits per heavy atom. The van der Waals surface area contributed by atoms with Gasteiger partial charge in [0.2, 0.25) is 0 Å². The Bertz CT molecular complexity index is 382. The molecule has 16 heavy (non-hydrogen) atoms. The molecule has 86 valence electrons. The minimum Gasteiger partial charge on any atom is -0.372 e. The highest BCUT2D eigenvalue weighted by atomic mass is 16.5. The van der Waals surface area contributed by atoms with Gasteiger partial charge in [0.05, 0.1) is 12.7 Å². The first kappa shape index (κ1) is 10.3. The van der Waals surface area contributed by atoms with Crippen LogP contribution in [-0.4, -0.2) is 19.2 Å². The van der Waals surface area contributed by atoms with Gasteiger partial charge in [0.1, 0.15) is 0 Å². The minimum absolute atomic E-state index is 0.284. The largest absolute Gasteiger partial charge is 0.372 e. The van der Waals surface area contributed by atoms with Crippen LogP contribution in [0.3, 0.4) is 0 Å². The van der Waals surface area contributed by atoms with Crippen molar-refractivity contribution in [2.24, 2.45) is 0 Å². The first-order valence-electron chi connectivity index (χ1n) is 6.29. The molecule has 2 nitrogen and oxygen atoms in total. The molecular formula is C14H19NO. The van der Waals surface area contributed by atoms with Gasteiger partial charge >= 0.3 is 0 Å². The van der Waals surface area contributed by atoms with Crippen molar-refractivity contribution >= 4 is 0 Å². The Labute approximate surface area is 97.0 Å². The zero-order valence-corrected chi connectivity index (χ0v) is 9.83. The molecule has 1 fully saturated rings. The van der Waals surface area contributed by atoms with Gasteiger partial charge in [0.25, 0.3) is 0 Å². The van der Waals surface area contributed by atoms with E-state index in [4.69, 9.17) is 4.74 Å². The summed E-state index contributed by atoms with van der Waals surface area (Å²) in [5, 5.41) is 3.56. The third-order valence-electron chi connectivity index (χ3n) is 3.74. The van der Waals surface area contributed by atoms with Crippen LogP contribution in [0.1, 0.15) is 35.6 Å². The number of fused-ring (bicyclic) bond motifs is 1. The standard InChI is InChI=1S/C14H19NO/c1-10-4-5-12-11(9-10)6-8-16-14(12)13-3-2-7-15-13/h4-5,9,13-15H,2-3,6-8H2,1H3/t13-,14+/m0/s1. The Balaban J connectivity index is 1.93. The van der Waals surface area contributed by atoms with Crippen LogP contribution in [0.15, 0.2) is 18.2 Å². The third-order valence-corrected chi connectivity index (χ3v) is 3.74. The van der Waals surface area contributed by atoms with Crippen LogP contribution in [0.4, 0.5) is 0 Å². The topological polar surface area (TPSA) is 21.3 Å². The van der Waals surface area contributed by atoms with Crippen molar-refractivity contribution in [1.29, 1.82) is 0 Å². The van der Waals surface area contributed by atoms with Gasteiger partial charge in [-0.1, -0.05) is 23.8 Å². The Morgan fingerprint density at radius 2 is 2.31 bits per heavy atom. The molecule has 2 heteroatoms. The maximum absolute atomic E-state index is 5.97. The Kier molecular flexibility index (Phi) is 2.70. The van der Waals surface area contributed by atoms with E-state index in [-0.39, 0.29) is 6.10 Å². The molecule has 1 N–H and O–H groups in total. The van der Waals surface area contributed by atoms with Crippen molar-refractivity contribution in [3.63, 3.8) is 0 Å². The highest BCUT2D eigenvalue weighted by molar-refractivity contribution is 5.35. The molecular weight excluding hydrogens is 198 g/mol. The average Bonchev–Trinajstić information content (AvgIpc) is 2.81. The fourth-order valence-electron chi connectivity index (χ4n) is 2.92. The van der Waals surface area contributed by atoms with Crippen molar-refractivity contribution < 1.29 is 4.74 Å². The molecule has 0 bridgehead atoms. The number of aryl methyl sites for hydroxylation is 1. The van der Waals surface area contributed by atoms with E-state index < -0.39 is 0 Å². The lowest BCUT2D eigenvalue weighted by molar-refractivity contribution is 0.0199. The summed E-state index contributed by atoms with van der Waals surface area (Å²) < 4.78 is 5.97. The van der Waals surface area contributed by atoms with E-state index in [0.29, 0.717) is 6.04 Å². The fourth-order valence-corrected chi connectivity index (χ4v) is 2.92. The Morgan fingerprint density at radius 1 is 1.38 bits per heavy atom. The summed E-state index contributed by atoms with van der Waals surface area (Å²) in [5.41, 5.74) is 4.26. The van der Waals surface area contributed by atoms with E-state index in [1.165, 1.54) is 29.5 Å². The van der Waals surface area contributed by atoms with Gasteiger partial charge in [0, 0.05) is 6.04 Å². The molecule has 2 heterocycles. The van der Waals surface area contributed by atoms with E-state index in [1.807, 2.05) is 0 Å². The summed E-state index contributed by atoms with van der Waals surface area (Å²) >= 11 is 0. The molecule has 3 rings (SSSR count). The van der Waals surface area contributed by atoms with Crippen molar-refractivity contribution in [3.8, 4) is 0 Å². The summed E-state index contributed by atoms with van der Waals surface area (Å²) in [6.45, 7) is 4.18. The molecule has 1 saturated heterocycles. The second kappa shape index (κ2) is 4.19. The predicted octanol–water partition coefficient (Wildman–Crippen LogP) is 2.36. The van der Waals surface area contributed by atoms with E-state index in [9.17, 15) is 0 Å². The predicted molar refractivity (Wildman–Crippen MR) is 64.6 cm³/mol. The van der Waals surface area contributed by atoms with Crippen LogP contribution in [0, 0.1) is 6.92 Å². The van der Waals surface area contributed by atoms with Crippen LogP contribution >= 0.6 is 0 Å². The van der Waals surface area contributed by atoms with Crippen LogP contribution < -0.4 is 5.32 Å². The van der Waals surface area contributed by atoms with E-state index in [2.05, 4.69) is 30.4 Å². The quantitative estimate of drug-likeness (QED) is 0.779. The summed E-state index contributed by atoms with van der Waals surface area (Å²) in [4.78, 5) is 0. The summed E-state index contributed by atoms with van der Waals surface area (Å²) in [7, 11) is 0. The van der Waals surface area contributed by atoms with Gasteiger partial charge in [-0.15, -0.1) is 0 Å². The molecule has 0 radical (unpaired) electrons. The smallest absolute Gasteiger partial charge is 0.0980 e. The van der Waals surface area contributed by atoms with Gasteiger partial charge < -0.3 is 10.1 Å². The lowest BCUT2D eigenvalue weighted by atomic mass is 9.91. The first-order chi connectivity index (χ1) is 7.84. The normalized spacial score (nSPS) is 29.1. The highest BCUT2D eigenvalue weighted by Gasteiger charge is 2.30. The summed E-state index contributed by atoms with van der Waals surface area (Å²) in [6, 6.07) is 7.31. The highest BCUT2D eigenvalue weighted by Crippen LogP contribution is 2.33. The monoisotopic (exact) mass is 217 g/mol. The van der Waals surface area contributed by atoms with Gasteiger partial charge in [0.15, 0.2) is 0 Å². The number of benzene rings is 1. The van der Waals surface area contributed by atoms with Crippen LogP contribution in [0.25, 0.3) is 0 Å². The number of ether oxygens (including phenoxy) is 1. The zero-order valence-electron chi connectivity index (χ0n) is 9.83. The second-order valence-electron chi connectivity index (χ2n) is 4.95. The van der Waals surface area contributed by atoms with Gasteiger partial charge in [-0.2, -0.15) is 0 Å². The van der Waals surface area contributed by atoms with Gasteiger partial charge in [-0.25, -0.2) is 0 Å². The Hall–Kier alpha value is -0.860. The minimum atomic E-state index is 0.284. The molecule has 0 spiro atoms. The second-order valence-corrected chi connectivity index (χ2v) is 4.95. The summed E-state index contributed by atoms with van der Waals surface area (Å²) in [5.74, 6) is 0. The summed E-state index contributed by atoms with van der Waals surface area (Å²) in [6.07, 6.45) is 3.89. The average molecular weight is 217 g/mol. The molecule has 0 aliphatic carbocycles. The molecule has 2 aliphatic heterocycles. The maximum Gasteiger partial charge on any atom is 0.0980 e. The lowest BCUT2D eigenvalue weighted by Gasteiger charge is -2.30. The van der Waals surface area contributed by atoms with Crippen molar-refractivity contribution in [1.82, 2.24) is 5.32 Å². The van der Waals surface area contributed by atoms with Gasteiger partial charge in [-0.3, -0.25) is 0 Å². The molecule has 2 atom stereocenters. The van der Waals surface area contributed by atoms with E-state index in [0.717, 1.165) is 19.6 Å². The molecule has 1 aromatic carbocycles. The maximum atomic E-state index is 5.97. The molecule has 0 unspecified atom stereocenters. The number of rotatable bonds is 1. The van der Waals surface area contributed by atoms with Gasteiger partial charge in [-0.05, 0) is 43.9 Å².